The van der Waals surface area contributed by atoms with Crippen LogP contribution in [0.25, 0.3) is 22.3 Å². The molecule has 17 nitrogen and oxygen atoms in total. The highest BCUT2D eigenvalue weighted by atomic mass is 16.6. The lowest BCUT2D eigenvalue weighted by Crippen LogP contribution is -2.44. The van der Waals surface area contributed by atoms with Gasteiger partial charge in [-0.25, -0.2) is 14.6 Å². The van der Waals surface area contributed by atoms with Crippen molar-refractivity contribution < 1.29 is 38.3 Å². The minimum absolute atomic E-state index is 0.000894. The van der Waals surface area contributed by atoms with Gasteiger partial charge in [-0.3, -0.25) is 9.69 Å². The molecule has 0 saturated carbocycles. The lowest BCUT2D eigenvalue weighted by molar-refractivity contribution is -0.133. The Morgan fingerprint density at radius 2 is 1.40 bits per heavy atom. The zero-order chi connectivity index (χ0) is 39.7. The Balaban J connectivity index is 0.787. The fraction of sp³-hybridized carbons (Fsp3) is 0.550. The number of aromatic nitrogens is 4. The van der Waals surface area contributed by atoms with E-state index in [1.807, 2.05) is 4.90 Å². The van der Waals surface area contributed by atoms with Crippen molar-refractivity contribution in [2.24, 2.45) is 0 Å². The molecule has 57 heavy (non-hydrogen) atoms. The number of nitrogens with one attached hydrogen (secondary N) is 1. The largest absolute Gasteiger partial charge is 0.506 e. The van der Waals surface area contributed by atoms with Gasteiger partial charge in [-0.05, 0) is 41.3 Å². The molecule has 0 atom stereocenters. The van der Waals surface area contributed by atoms with Gasteiger partial charge in [0.15, 0.2) is 5.65 Å². The molecule has 1 fully saturated rings. The second-order valence-electron chi connectivity index (χ2n) is 13.9. The van der Waals surface area contributed by atoms with Crippen LogP contribution in [-0.2, 0) is 52.7 Å². The number of rotatable bonds is 24. The maximum absolute atomic E-state index is 13.0. The number of piperazine rings is 1. The number of benzene rings is 2. The van der Waals surface area contributed by atoms with E-state index in [1.165, 1.54) is 18.0 Å². The molecule has 0 spiro atoms. The monoisotopic (exact) mass is 791 g/mol. The second kappa shape index (κ2) is 22.5. The van der Waals surface area contributed by atoms with Gasteiger partial charge >= 0.3 is 0 Å². The molecule has 0 aliphatic carbocycles. The number of hydrogen-bond donors (Lipinski definition) is 4. The van der Waals surface area contributed by atoms with Crippen molar-refractivity contribution >= 4 is 28.4 Å². The van der Waals surface area contributed by atoms with Crippen molar-refractivity contribution in [2.45, 2.75) is 25.9 Å². The van der Waals surface area contributed by atoms with Crippen LogP contribution in [0, 0.1) is 0 Å². The molecular weight excluding hydrogens is 734 g/mol. The molecule has 4 heterocycles. The van der Waals surface area contributed by atoms with Crippen LogP contribution in [0.3, 0.4) is 0 Å². The summed E-state index contributed by atoms with van der Waals surface area (Å²) in [5, 5.41) is 18.7. The van der Waals surface area contributed by atoms with Gasteiger partial charge in [-0.1, -0.05) is 18.2 Å². The number of phenolic OH excluding ortho intramolecular Hbond substituents is 1. The molecule has 4 aromatic rings. The van der Waals surface area contributed by atoms with E-state index >= 15 is 0 Å². The van der Waals surface area contributed by atoms with Crippen LogP contribution in [0.4, 0.5) is 11.5 Å². The normalized spacial score (nSPS) is 14.7. The van der Waals surface area contributed by atoms with Crippen LogP contribution in [0.15, 0.2) is 42.7 Å². The van der Waals surface area contributed by atoms with Gasteiger partial charge in [0.1, 0.15) is 23.6 Å². The molecule has 6 rings (SSSR count). The van der Waals surface area contributed by atoms with Crippen LogP contribution in [0.1, 0.15) is 23.1 Å². The van der Waals surface area contributed by atoms with Crippen LogP contribution in [0.5, 0.6) is 5.75 Å². The highest BCUT2D eigenvalue weighted by Crippen LogP contribution is 2.34. The first-order chi connectivity index (χ1) is 28.0. The summed E-state index contributed by atoms with van der Waals surface area (Å²) in [5.74, 6) is 0.383. The smallest absolute Gasteiger partial charge is 0.225 e. The summed E-state index contributed by atoms with van der Waals surface area (Å²) in [6, 6.07) is 11.2. The highest BCUT2D eigenvalue weighted by Gasteiger charge is 2.22. The number of nitrogen functional groups attached to an aromatic ring is 2. The third kappa shape index (κ3) is 12.8. The van der Waals surface area contributed by atoms with Crippen molar-refractivity contribution in [3.63, 3.8) is 0 Å². The summed E-state index contributed by atoms with van der Waals surface area (Å²) in [4.78, 5) is 25.9. The summed E-state index contributed by atoms with van der Waals surface area (Å²) < 4.78 is 35.3. The first kappa shape index (κ1) is 42.2. The van der Waals surface area contributed by atoms with E-state index in [2.05, 4.69) is 38.4 Å². The molecule has 2 aromatic heterocycles. The summed E-state index contributed by atoms with van der Waals surface area (Å²) in [6.07, 6.45) is 2.50. The summed E-state index contributed by atoms with van der Waals surface area (Å²) >= 11 is 0. The second-order valence-corrected chi connectivity index (χ2v) is 13.9. The van der Waals surface area contributed by atoms with Crippen LogP contribution >= 0.6 is 0 Å². The van der Waals surface area contributed by atoms with Gasteiger partial charge < -0.3 is 55.2 Å². The van der Waals surface area contributed by atoms with Gasteiger partial charge in [-0.2, -0.15) is 5.10 Å². The first-order valence-corrected chi connectivity index (χ1v) is 19.8. The number of hydrogen-bond acceptors (Lipinski definition) is 15. The average Bonchev–Trinajstić information content (AvgIpc) is 3.60. The Morgan fingerprint density at radius 3 is 2.07 bits per heavy atom. The lowest BCUT2D eigenvalue weighted by Gasteiger charge is -2.29. The number of fused-ring (bicyclic) bond motifs is 2. The van der Waals surface area contributed by atoms with Gasteiger partial charge in [0.05, 0.1) is 103 Å². The molecule has 2 aliphatic heterocycles. The topological polar surface area (TPSA) is 207 Å². The number of carbonyl (C=O) groups excluding carboxylic acids is 1. The third-order valence-corrected chi connectivity index (χ3v) is 9.91. The number of carbonyl (C=O) groups is 1. The van der Waals surface area contributed by atoms with E-state index < -0.39 is 0 Å². The maximum atomic E-state index is 13.0. The van der Waals surface area contributed by atoms with E-state index in [1.54, 1.807) is 16.8 Å². The molecular formula is C40H57N9O8. The number of ether oxygens (including phenoxy) is 6. The van der Waals surface area contributed by atoms with Crippen LogP contribution in [-0.4, -0.2) is 159 Å². The molecule has 17 heteroatoms. The van der Waals surface area contributed by atoms with E-state index in [-0.39, 0.29) is 17.3 Å². The van der Waals surface area contributed by atoms with E-state index in [9.17, 15) is 9.90 Å². The van der Waals surface area contributed by atoms with E-state index in [0.29, 0.717) is 127 Å². The molecule has 6 N–H and O–H groups in total. The summed E-state index contributed by atoms with van der Waals surface area (Å²) in [6.45, 7) is 13.0. The predicted molar refractivity (Wildman–Crippen MR) is 215 cm³/mol. The maximum Gasteiger partial charge on any atom is 0.225 e. The standard InChI is InChI=1S/C40H57N9O8/c41-34-26-32(3-4-35(34)50)38-37-39(42)44-29-45-40(37)49(46-38)27-30-1-2-33-28-48(9-5-31(33)25-30)36(51)6-13-52-15-17-54-19-21-56-23-24-57-22-20-55-18-16-53-14-12-47-10-7-43-8-11-47/h1-4,25-26,29,43,50H,5-24,27-28,41H2,(H2,42,44,45). The number of aromatic hydroxyl groups is 1. The van der Waals surface area contributed by atoms with Crippen molar-refractivity contribution in [1.82, 2.24) is 34.9 Å². The van der Waals surface area contributed by atoms with Gasteiger partial charge in [0, 0.05) is 51.4 Å². The lowest BCUT2D eigenvalue weighted by atomic mass is 9.97. The van der Waals surface area contributed by atoms with Crippen molar-refractivity contribution in [2.75, 3.05) is 130 Å². The number of amides is 1. The molecule has 1 amide bonds. The average molecular weight is 792 g/mol. The Morgan fingerprint density at radius 1 is 0.754 bits per heavy atom. The Labute approximate surface area is 333 Å². The van der Waals surface area contributed by atoms with Gasteiger partial charge in [0.25, 0.3) is 0 Å². The zero-order valence-corrected chi connectivity index (χ0v) is 32.7. The molecule has 1 saturated heterocycles. The number of nitrogens with zero attached hydrogens (tertiary/aromatic N) is 6. The fourth-order valence-electron chi connectivity index (χ4n) is 6.78. The quantitative estimate of drug-likeness (QED) is 0.0453. The minimum atomic E-state index is -0.000894. The van der Waals surface area contributed by atoms with Crippen LogP contribution in [0.2, 0.25) is 0 Å². The van der Waals surface area contributed by atoms with E-state index in [0.717, 1.165) is 56.9 Å². The SMILES string of the molecule is Nc1cc(-c2nn(Cc3ccc4c(c3)CCN(C(=O)CCOCCOCCOCCOCCOCCOCCN3CCNCC3)C4)c3ncnc(N)c23)ccc1O. The third-order valence-electron chi connectivity index (χ3n) is 9.91. The first-order valence-electron chi connectivity index (χ1n) is 19.8. The molecule has 0 radical (unpaired) electrons. The van der Waals surface area contributed by atoms with Crippen molar-refractivity contribution in [3.05, 3.63) is 59.4 Å². The Bertz CT molecular complexity index is 1860. The Hall–Kier alpha value is -4.46. The van der Waals surface area contributed by atoms with Crippen molar-refractivity contribution in [3.8, 4) is 17.0 Å². The molecule has 2 aromatic carbocycles. The summed E-state index contributed by atoms with van der Waals surface area (Å²) in [5.41, 5.74) is 17.8. The van der Waals surface area contributed by atoms with E-state index in [4.69, 9.17) is 45.0 Å². The zero-order valence-electron chi connectivity index (χ0n) is 32.7. The highest BCUT2D eigenvalue weighted by molar-refractivity contribution is 5.98. The Kier molecular flexibility index (Phi) is 16.6. The number of nitrogens with two attached hydrogens (primary N) is 2. The van der Waals surface area contributed by atoms with Gasteiger partial charge in [-0.15, -0.1) is 0 Å². The predicted octanol–water partition coefficient (Wildman–Crippen LogP) is 1.69. The fourth-order valence-corrected chi connectivity index (χ4v) is 6.78. The molecule has 2 aliphatic rings. The van der Waals surface area contributed by atoms with Crippen molar-refractivity contribution in [1.29, 1.82) is 0 Å². The minimum Gasteiger partial charge on any atom is -0.506 e. The van der Waals surface area contributed by atoms with Gasteiger partial charge in [0.2, 0.25) is 5.91 Å². The summed E-state index contributed by atoms with van der Waals surface area (Å²) in [7, 11) is 0. The molecule has 310 valence electrons. The number of phenols is 1. The molecule has 0 unspecified atom stereocenters. The molecule has 0 bridgehead atoms. The number of anilines is 2. The van der Waals surface area contributed by atoms with Crippen LogP contribution < -0.4 is 16.8 Å².